The second-order valence-electron chi connectivity index (χ2n) is 6.37. The molecular weight excluding hydrogens is 351 g/mol. The van der Waals surface area contributed by atoms with Crippen molar-refractivity contribution >= 4 is 40.4 Å². The van der Waals surface area contributed by atoms with E-state index in [4.69, 9.17) is 23.2 Å². The fourth-order valence-electron chi connectivity index (χ4n) is 3.83. The number of benzene rings is 1. The fourth-order valence-corrected chi connectivity index (χ4v) is 5.29. The first kappa shape index (κ1) is 15.5. The Kier molecular flexibility index (Phi) is 3.88. The molecule has 2 N–H and O–H groups in total. The van der Waals surface area contributed by atoms with E-state index in [0.717, 1.165) is 30.9 Å². The van der Waals surface area contributed by atoms with Crippen LogP contribution in [0, 0.1) is 5.92 Å². The van der Waals surface area contributed by atoms with Crippen molar-refractivity contribution in [3.8, 4) is 0 Å². The van der Waals surface area contributed by atoms with Crippen molar-refractivity contribution in [3.05, 3.63) is 56.2 Å². The average molecular weight is 367 g/mol. The second-order valence-corrected chi connectivity index (χ2v) is 8.65. The smallest absolute Gasteiger partial charge is 0.254 e. The van der Waals surface area contributed by atoms with Crippen molar-refractivity contribution in [2.45, 2.75) is 24.4 Å². The van der Waals surface area contributed by atoms with Crippen LogP contribution in [0.3, 0.4) is 0 Å². The highest BCUT2D eigenvalue weighted by Crippen LogP contribution is 2.50. The molecule has 1 aromatic heterocycles. The maximum absolute atomic E-state index is 12.7. The number of hydrogen-bond donors (Lipinski definition) is 2. The zero-order valence-electron chi connectivity index (χ0n) is 12.3. The minimum Gasteiger partial charge on any atom is -0.343 e. The van der Waals surface area contributed by atoms with Crippen LogP contribution in [-0.4, -0.2) is 18.0 Å². The molecule has 2 aromatic rings. The molecule has 1 unspecified atom stereocenters. The van der Waals surface area contributed by atoms with E-state index < -0.39 is 0 Å². The second kappa shape index (κ2) is 5.78. The lowest BCUT2D eigenvalue weighted by Gasteiger charge is -2.44. The van der Waals surface area contributed by atoms with Crippen LogP contribution < -0.4 is 10.6 Å². The van der Waals surface area contributed by atoms with Crippen LogP contribution in [0.25, 0.3) is 0 Å². The van der Waals surface area contributed by atoms with Gasteiger partial charge in [-0.2, -0.15) is 0 Å². The van der Waals surface area contributed by atoms with Gasteiger partial charge in [-0.15, -0.1) is 11.3 Å². The van der Waals surface area contributed by atoms with Gasteiger partial charge >= 0.3 is 0 Å². The summed E-state index contributed by atoms with van der Waals surface area (Å²) in [4.78, 5) is 12.7. The molecule has 1 aromatic carbocycles. The Labute approximate surface area is 149 Å². The Morgan fingerprint density at radius 1 is 1.30 bits per heavy atom. The van der Waals surface area contributed by atoms with Crippen molar-refractivity contribution in [1.82, 2.24) is 10.6 Å². The highest BCUT2D eigenvalue weighted by Gasteiger charge is 2.55. The van der Waals surface area contributed by atoms with Gasteiger partial charge < -0.3 is 10.6 Å². The third-order valence-electron chi connectivity index (χ3n) is 4.91. The minimum atomic E-state index is -0.168. The molecule has 5 rings (SSSR count). The summed E-state index contributed by atoms with van der Waals surface area (Å²) in [5, 5.41) is 6.80. The lowest BCUT2D eigenvalue weighted by atomic mass is 9.67. The van der Waals surface area contributed by atoms with Gasteiger partial charge in [-0.1, -0.05) is 53.5 Å². The Hall–Kier alpha value is -1.07. The first-order valence-corrected chi connectivity index (χ1v) is 9.20. The van der Waals surface area contributed by atoms with E-state index >= 15 is 0 Å². The summed E-state index contributed by atoms with van der Waals surface area (Å²) in [6, 6.07) is 11.7. The van der Waals surface area contributed by atoms with Gasteiger partial charge in [-0.25, -0.2) is 0 Å². The molecule has 3 heterocycles. The number of fused-ring (bicyclic) bond motifs is 1. The quantitative estimate of drug-likeness (QED) is 0.847. The Morgan fingerprint density at radius 3 is 2.61 bits per heavy atom. The van der Waals surface area contributed by atoms with Gasteiger partial charge in [0, 0.05) is 5.54 Å². The predicted molar refractivity (Wildman–Crippen MR) is 94.4 cm³/mol. The number of rotatable bonds is 4. The molecule has 3 aliphatic rings. The van der Waals surface area contributed by atoms with E-state index in [1.54, 1.807) is 6.07 Å². The molecule has 23 heavy (non-hydrogen) atoms. The molecular formula is C17H16Cl2N2OS. The van der Waals surface area contributed by atoms with E-state index in [2.05, 4.69) is 22.8 Å². The number of nitrogens with one attached hydrogen (secondary N) is 2. The molecule has 3 fully saturated rings. The van der Waals surface area contributed by atoms with Gasteiger partial charge in [0.25, 0.3) is 5.91 Å². The third-order valence-corrected chi connectivity index (χ3v) is 6.40. The van der Waals surface area contributed by atoms with Gasteiger partial charge in [0.15, 0.2) is 0 Å². The molecule has 2 saturated heterocycles. The Bertz CT molecular complexity index is 735. The zero-order valence-corrected chi connectivity index (χ0v) is 14.6. The molecule has 120 valence electrons. The highest BCUT2D eigenvalue weighted by molar-refractivity contribution is 7.20. The normalized spacial score (nSPS) is 26.6. The molecule has 1 atom stereocenters. The van der Waals surface area contributed by atoms with E-state index in [-0.39, 0.29) is 17.5 Å². The van der Waals surface area contributed by atoms with Crippen molar-refractivity contribution in [1.29, 1.82) is 0 Å². The molecule has 0 radical (unpaired) electrons. The number of thiophene rings is 1. The van der Waals surface area contributed by atoms with Gasteiger partial charge in [0.05, 0.1) is 15.9 Å². The van der Waals surface area contributed by atoms with Gasteiger partial charge in [0.2, 0.25) is 0 Å². The van der Waals surface area contributed by atoms with Gasteiger partial charge in [-0.05, 0) is 36.9 Å². The van der Waals surface area contributed by atoms with Crippen LogP contribution in [0.15, 0.2) is 36.4 Å². The number of amides is 1. The van der Waals surface area contributed by atoms with Crippen LogP contribution >= 0.6 is 34.5 Å². The van der Waals surface area contributed by atoms with Crippen LogP contribution in [-0.2, 0) is 0 Å². The topological polar surface area (TPSA) is 41.1 Å². The van der Waals surface area contributed by atoms with E-state index in [0.29, 0.717) is 14.2 Å². The highest BCUT2D eigenvalue weighted by atomic mass is 35.5. The standard InChI is InChI=1S/C17H16Cl2N2OS/c18-13-6-12(15(19)23-13)16(22)21-14(11-4-2-1-3-5-11)17-7-10(8-17)9-20-17/h1-6,10,14,20H,7-9H2,(H,21,22). The van der Waals surface area contributed by atoms with Crippen LogP contribution in [0.2, 0.25) is 8.67 Å². The zero-order chi connectivity index (χ0) is 16.0. The maximum atomic E-state index is 12.7. The Morgan fingerprint density at radius 2 is 2.04 bits per heavy atom. The third kappa shape index (κ3) is 2.68. The SMILES string of the molecule is O=C(NC(c1ccccc1)C12CC(CN1)C2)c1cc(Cl)sc1Cl. The van der Waals surface area contributed by atoms with Crippen LogP contribution in [0.5, 0.6) is 0 Å². The van der Waals surface area contributed by atoms with Crippen LogP contribution in [0.4, 0.5) is 0 Å². The number of carbonyl (C=O) groups excluding carboxylic acids is 1. The summed E-state index contributed by atoms with van der Waals surface area (Å²) in [6.45, 7) is 1.03. The molecule has 6 heteroatoms. The molecule has 2 aliphatic heterocycles. The molecule has 2 bridgehead atoms. The van der Waals surface area contributed by atoms with Gasteiger partial charge in [-0.3, -0.25) is 4.79 Å². The predicted octanol–water partition coefficient (Wildman–Crippen LogP) is 4.28. The summed E-state index contributed by atoms with van der Waals surface area (Å²) in [6.07, 6.45) is 2.20. The van der Waals surface area contributed by atoms with E-state index in [9.17, 15) is 4.79 Å². The lowest BCUT2D eigenvalue weighted by molar-refractivity contribution is 0.0863. The van der Waals surface area contributed by atoms with Crippen molar-refractivity contribution in [3.63, 3.8) is 0 Å². The van der Waals surface area contributed by atoms with Crippen molar-refractivity contribution in [2.75, 3.05) is 6.54 Å². The summed E-state index contributed by atoms with van der Waals surface area (Å²) in [5.41, 5.74) is 1.53. The average Bonchev–Trinajstić information content (AvgIpc) is 3.19. The maximum Gasteiger partial charge on any atom is 0.254 e. The summed E-state index contributed by atoms with van der Waals surface area (Å²) in [5.74, 6) is 0.566. The van der Waals surface area contributed by atoms with E-state index in [1.165, 1.54) is 11.3 Å². The van der Waals surface area contributed by atoms with Crippen LogP contribution in [0.1, 0.15) is 34.8 Å². The summed E-state index contributed by atoms with van der Waals surface area (Å²) >= 11 is 13.3. The first-order chi connectivity index (χ1) is 11.1. The van der Waals surface area contributed by atoms with Gasteiger partial charge in [0.1, 0.15) is 4.34 Å². The molecule has 0 spiro atoms. The molecule has 1 saturated carbocycles. The first-order valence-electron chi connectivity index (χ1n) is 7.63. The van der Waals surface area contributed by atoms with Crippen molar-refractivity contribution in [2.24, 2.45) is 5.92 Å². The summed E-state index contributed by atoms with van der Waals surface area (Å²) < 4.78 is 0.958. The number of halogens is 2. The largest absolute Gasteiger partial charge is 0.343 e. The van der Waals surface area contributed by atoms with E-state index in [1.807, 2.05) is 18.2 Å². The Balaban J connectivity index is 1.64. The molecule has 1 aliphatic carbocycles. The molecule has 3 nitrogen and oxygen atoms in total. The number of hydrogen-bond acceptors (Lipinski definition) is 3. The fraction of sp³-hybridized carbons (Fsp3) is 0.353. The lowest BCUT2D eigenvalue weighted by Crippen LogP contribution is -2.54. The molecule has 1 amide bonds. The minimum absolute atomic E-state index is 0.0338. The number of carbonyl (C=O) groups is 1. The van der Waals surface area contributed by atoms with Crippen molar-refractivity contribution < 1.29 is 4.79 Å². The summed E-state index contributed by atoms with van der Waals surface area (Å²) in [7, 11) is 0. The monoisotopic (exact) mass is 366 g/mol.